The van der Waals surface area contributed by atoms with Gasteiger partial charge in [-0.15, -0.1) is 0 Å². The van der Waals surface area contributed by atoms with Crippen LogP contribution in [0.2, 0.25) is 5.02 Å². The lowest BCUT2D eigenvalue weighted by atomic mass is 10.2. The quantitative estimate of drug-likeness (QED) is 0.697. The maximum atomic E-state index is 11.5. The fourth-order valence-corrected chi connectivity index (χ4v) is 1.94. The molecule has 0 atom stereocenters. The van der Waals surface area contributed by atoms with Gasteiger partial charge in [-0.1, -0.05) is 17.7 Å². The maximum absolute atomic E-state index is 11.5. The summed E-state index contributed by atoms with van der Waals surface area (Å²) in [4.78, 5) is 13.3. The summed E-state index contributed by atoms with van der Waals surface area (Å²) < 4.78 is 0. The summed E-state index contributed by atoms with van der Waals surface area (Å²) in [6.45, 7) is 2.82. The van der Waals surface area contributed by atoms with Crippen LogP contribution < -0.4 is 4.90 Å². The third-order valence-corrected chi connectivity index (χ3v) is 2.77. The van der Waals surface area contributed by atoms with Crippen molar-refractivity contribution in [2.45, 2.75) is 19.8 Å². The highest BCUT2D eigenvalue weighted by atomic mass is 35.5. The average molecular weight is 210 g/mol. The predicted molar refractivity (Wildman–Crippen MR) is 57.8 cm³/mol. The Morgan fingerprint density at radius 2 is 2.21 bits per heavy atom. The molecule has 1 aromatic carbocycles. The van der Waals surface area contributed by atoms with Crippen molar-refractivity contribution < 1.29 is 4.79 Å². The Hall–Kier alpha value is -1.02. The molecule has 1 saturated heterocycles. The highest BCUT2D eigenvalue weighted by molar-refractivity contribution is 6.31. The molecular formula is C11H12ClNO. The van der Waals surface area contributed by atoms with Crippen LogP contribution in [0.1, 0.15) is 18.4 Å². The number of carbonyl (C=O) groups is 1. The third-order valence-electron chi connectivity index (χ3n) is 2.54. The van der Waals surface area contributed by atoms with Crippen LogP contribution in [0.5, 0.6) is 0 Å². The monoisotopic (exact) mass is 209 g/mol. The van der Waals surface area contributed by atoms with Gasteiger partial charge in [0.1, 0.15) is 0 Å². The number of halogens is 1. The van der Waals surface area contributed by atoms with Gasteiger partial charge in [-0.05, 0) is 31.0 Å². The average Bonchev–Trinajstić information content (AvgIpc) is 2.56. The van der Waals surface area contributed by atoms with Crippen molar-refractivity contribution in [2.75, 3.05) is 11.4 Å². The van der Waals surface area contributed by atoms with Crippen molar-refractivity contribution in [3.63, 3.8) is 0 Å². The second-order valence-corrected chi connectivity index (χ2v) is 4.02. The molecule has 1 fully saturated rings. The molecule has 0 bridgehead atoms. The van der Waals surface area contributed by atoms with Crippen molar-refractivity contribution in [3.8, 4) is 0 Å². The first kappa shape index (κ1) is 9.53. The van der Waals surface area contributed by atoms with Gasteiger partial charge >= 0.3 is 0 Å². The summed E-state index contributed by atoms with van der Waals surface area (Å²) in [6, 6.07) is 5.66. The fraction of sp³-hybridized carbons (Fsp3) is 0.364. The van der Waals surface area contributed by atoms with E-state index in [1.165, 1.54) is 0 Å². The molecule has 74 valence electrons. The van der Waals surface area contributed by atoms with E-state index in [4.69, 9.17) is 11.6 Å². The van der Waals surface area contributed by atoms with Crippen molar-refractivity contribution in [2.24, 2.45) is 0 Å². The van der Waals surface area contributed by atoms with Crippen molar-refractivity contribution in [1.29, 1.82) is 0 Å². The van der Waals surface area contributed by atoms with E-state index < -0.39 is 0 Å². The lowest BCUT2D eigenvalue weighted by molar-refractivity contribution is -0.117. The fourth-order valence-electron chi connectivity index (χ4n) is 1.78. The van der Waals surface area contributed by atoms with Crippen LogP contribution in [0.15, 0.2) is 18.2 Å². The SMILES string of the molecule is Cc1ccc(Cl)cc1N1CCCC1=O. The van der Waals surface area contributed by atoms with Crippen LogP contribution in [0.25, 0.3) is 0 Å². The number of nitrogens with zero attached hydrogens (tertiary/aromatic N) is 1. The van der Waals surface area contributed by atoms with Crippen molar-refractivity contribution >= 4 is 23.2 Å². The third kappa shape index (κ3) is 1.62. The molecule has 0 radical (unpaired) electrons. The van der Waals surface area contributed by atoms with E-state index in [1.54, 1.807) is 0 Å². The molecule has 2 nitrogen and oxygen atoms in total. The molecule has 3 heteroatoms. The van der Waals surface area contributed by atoms with E-state index in [1.807, 2.05) is 30.0 Å². The Balaban J connectivity index is 2.39. The molecule has 0 aromatic heterocycles. The van der Waals surface area contributed by atoms with Crippen LogP contribution in [-0.4, -0.2) is 12.5 Å². The Morgan fingerprint density at radius 1 is 1.43 bits per heavy atom. The molecule has 0 spiro atoms. The zero-order valence-electron chi connectivity index (χ0n) is 8.09. The lowest BCUT2D eigenvalue weighted by Gasteiger charge is -2.18. The Morgan fingerprint density at radius 3 is 2.86 bits per heavy atom. The van der Waals surface area contributed by atoms with Gasteiger partial charge in [0.05, 0.1) is 0 Å². The molecule has 1 aliphatic heterocycles. The highest BCUT2D eigenvalue weighted by Crippen LogP contribution is 2.27. The minimum atomic E-state index is 0.204. The number of anilines is 1. The maximum Gasteiger partial charge on any atom is 0.227 e. The second-order valence-electron chi connectivity index (χ2n) is 3.58. The van der Waals surface area contributed by atoms with Crippen LogP contribution in [0, 0.1) is 6.92 Å². The van der Waals surface area contributed by atoms with E-state index in [9.17, 15) is 4.79 Å². The Labute approximate surface area is 88.5 Å². The summed E-state index contributed by atoms with van der Waals surface area (Å²) in [5, 5.41) is 0.685. The summed E-state index contributed by atoms with van der Waals surface area (Å²) in [6.07, 6.45) is 1.61. The van der Waals surface area contributed by atoms with Gasteiger partial charge in [-0.3, -0.25) is 4.79 Å². The van der Waals surface area contributed by atoms with Gasteiger partial charge in [-0.2, -0.15) is 0 Å². The molecule has 14 heavy (non-hydrogen) atoms. The number of benzene rings is 1. The Bertz CT molecular complexity index is 376. The lowest BCUT2D eigenvalue weighted by Crippen LogP contribution is -2.24. The molecule has 1 amide bonds. The summed E-state index contributed by atoms with van der Waals surface area (Å²) in [5.74, 6) is 0.204. The second kappa shape index (κ2) is 3.62. The van der Waals surface area contributed by atoms with E-state index in [-0.39, 0.29) is 5.91 Å². The predicted octanol–water partition coefficient (Wildman–Crippen LogP) is 2.78. The molecular weight excluding hydrogens is 198 g/mol. The molecule has 1 heterocycles. The van der Waals surface area contributed by atoms with Gasteiger partial charge in [0.15, 0.2) is 0 Å². The van der Waals surface area contributed by atoms with Gasteiger partial charge in [0.2, 0.25) is 5.91 Å². The summed E-state index contributed by atoms with van der Waals surface area (Å²) >= 11 is 5.90. The molecule has 0 unspecified atom stereocenters. The number of rotatable bonds is 1. The smallest absolute Gasteiger partial charge is 0.227 e. The zero-order chi connectivity index (χ0) is 10.1. The van der Waals surface area contributed by atoms with Gasteiger partial charge in [0, 0.05) is 23.7 Å². The first-order valence-corrected chi connectivity index (χ1v) is 5.13. The van der Waals surface area contributed by atoms with E-state index in [2.05, 4.69) is 0 Å². The van der Waals surface area contributed by atoms with Gasteiger partial charge in [0.25, 0.3) is 0 Å². The summed E-state index contributed by atoms with van der Waals surface area (Å²) in [5.41, 5.74) is 2.06. The first-order chi connectivity index (χ1) is 6.68. The standard InChI is InChI=1S/C11H12ClNO/c1-8-4-5-9(12)7-10(8)13-6-2-3-11(13)14/h4-5,7H,2-3,6H2,1H3. The first-order valence-electron chi connectivity index (χ1n) is 4.75. The van der Waals surface area contributed by atoms with Crippen LogP contribution in [0.4, 0.5) is 5.69 Å². The van der Waals surface area contributed by atoms with Crippen LogP contribution in [-0.2, 0) is 4.79 Å². The van der Waals surface area contributed by atoms with E-state index >= 15 is 0 Å². The topological polar surface area (TPSA) is 20.3 Å². The number of hydrogen-bond donors (Lipinski definition) is 0. The van der Waals surface area contributed by atoms with Crippen molar-refractivity contribution in [1.82, 2.24) is 0 Å². The van der Waals surface area contributed by atoms with E-state index in [0.717, 1.165) is 24.2 Å². The number of aryl methyl sites for hydroxylation is 1. The molecule has 2 rings (SSSR count). The molecule has 0 aliphatic carbocycles. The molecule has 0 saturated carbocycles. The Kier molecular flexibility index (Phi) is 2.46. The molecule has 1 aromatic rings. The number of amides is 1. The van der Waals surface area contributed by atoms with E-state index in [0.29, 0.717) is 11.4 Å². The number of hydrogen-bond acceptors (Lipinski definition) is 1. The van der Waals surface area contributed by atoms with Crippen LogP contribution in [0.3, 0.4) is 0 Å². The largest absolute Gasteiger partial charge is 0.312 e. The van der Waals surface area contributed by atoms with Crippen LogP contribution >= 0.6 is 11.6 Å². The normalized spacial score (nSPS) is 16.4. The van der Waals surface area contributed by atoms with Gasteiger partial charge in [-0.25, -0.2) is 0 Å². The summed E-state index contributed by atoms with van der Waals surface area (Å²) in [7, 11) is 0. The minimum absolute atomic E-state index is 0.204. The highest BCUT2D eigenvalue weighted by Gasteiger charge is 2.22. The minimum Gasteiger partial charge on any atom is -0.312 e. The van der Waals surface area contributed by atoms with Gasteiger partial charge < -0.3 is 4.90 Å². The zero-order valence-corrected chi connectivity index (χ0v) is 8.84. The molecule has 0 N–H and O–H groups in total. The number of carbonyl (C=O) groups excluding carboxylic acids is 1. The van der Waals surface area contributed by atoms with Crippen molar-refractivity contribution in [3.05, 3.63) is 28.8 Å². The molecule has 1 aliphatic rings.